The minimum absolute atomic E-state index is 0.0337. The molecule has 2 N–H and O–H groups in total. The molecule has 1 aromatic heterocycles. The Hall–Kier alpha value is -2.75. The Balaban J connectivity index is 1.15. The molecule has 10 heteroatoms. The molecule has 2 heterocycles. The number of rotatable bonds is 11. The first-order valence-corrected chi connectivity index (χ1v) is 15.5. The first kappa shape index (κ1) is 30.7. The minimum Gasteiger partial charge on any atom is -0.313 e. The lowest BCUT2D eigenvalue weighted by atomic mass is 9.69. The maximum absolute atomic E-state index is 14.0. The molecule has 1 saturated heterocycles. The fraction of sp³-hybridized carbons (Fsp3) is 0.688. The summed E-state index contributed by atoms with van der Waals surface area (Å²) in [4.78, 5) is 41.3. The van der Waals surface area contributed by atoms with Crippen molar-refractivity contribution in [3.8, 4) is 0 Å². The molecule has 3 aliphatic rings. The number of benzene rings is 1. The Bertz CT molecular complexity index is 1400. The number of aryl methyl sites for hydroxylation is 1. The SMILES string of the molecule is CC1(C)[C@@H]2CC[C@@]1(C)C(NCCCCCCCCc1cccc3nc(C(F)(F)F)n(C4CCC(=O)NC4=O)c(=O)c13)C2. The Labute approximate surface area is 245 Å². The van der Waals surface area contributed by atoms with Gasteiger partial charge in [-0.15, -0.1) is 0 Å². The van der Waals surface area contributed by atoms with Crippen molar-refractivity contribution in [3.05, 3.63) is 39.9 Å². The van der Waals surface area contributed by atoms with Crippen LogP contribution in [0, 0.1) is 16.7 Å². The molecule has 4 atom stereocenters. The molecule has 1 aliphatic heterocycles. The molecular weight excluding hydrogens is 545 g/mol. The smallest absolute Gasteiger partial charge is 0.313 e. The summed E-state index contributed by atoms with van der Waals surface area (Å²) < 4.78 is 42.3. The van der Waals surface area contributed by atoms with Gasteiger partial charge in [-0.25, -0.2) is 4.98 Å². The highest BCUT2D eigenvalue weighted by Gasteiger charge is 2.60. The van der Waals surface area contributed by atoms with Gasteiger partial charge in [0.1, 0.15) is 6.04 Å². The van der Waals surface area contributed by atoms with Crippen molar-refractivity contribution in [1.82, 2.24) is 20.2 Å². The summed E-state index contributed by atoms with van der Waals surface area (Å²) in [7, 11) is 0. The third-order valence-electron chi connectivity index (χ3n) is 10.8. The van der Waals surface area contributed by atoms with Crippen LogP contribution in [0.25, 0.3) is 10.9 Å². The first-order valence-electron chi connectivity index (χ1n) is 15.5. The number of fused-ring (bicyclic) bond motifs is 3. The van der Waals surface area contributed by atoms with Gasteiger partial charge in [0.25, 0.3) is 5.56 Å². The van der Waals surface area contributed by atoms with Gasteiger partial charge in [0.05, 0.1) is 10.9 Å². The van der Waals surface area contributed by atoms with Gasteiger partial charge in [0, 0.05) is 12.5 Å². The second-order valence-corrected chi connectivity index (χ2v) is 13.4. The van der Waals surface area contributed by atoms with Gasteiger partial charge in [-0.3, -0.25) is 24.3 Å². The number of hydrogen-bond acceptors (Lipinski definition) is 5. The zero-order valence-corrected chi connectivity index (χ0v) is 24.9. The van der Waals surface area contributed by atoms with Gasteiger partial charge in [0.15, 0.2) is 0 Å². The van der Waals surface area contributed by atoms with Crippen LogP contribution >= 0.6 is 0 Å². The second kappa shape index (κ2) is 11.7. The van der Waals surface area contributed by atoms with Crippen LogP contribution in [0.2, 0.25) is 0 Å². The lowest BCUT2D eigenvalue weighted by molar-refractivity contribution is -0.150. The third-order valence-corrected chi connectivity index (χ3v) is 10.8. The first-order chi connectivity index (χ1) is 19.8. The van der Waals surface area contributed by atoms with Gasteiger partial charge >= 0.3 is 6.18 Å². The standard InChI is InChI=1S/C32H43F3N4O3/c1-30(2)21-16-17-31(30,3)24(19-21)36-18-9-7-5-4-6-8-11-20-12-10-13-22-26(20)28(42)39(29(37-22)32(33,34)35)23-14-15-25(40)38-27(23)41/h10,12-13,21,23-24,36H,4-9,11,14-19H2,1-3H3,(H,38,40,41)/t21-,23?,24?,31+/m1/s1. The largest absolute Gasteiger partial charge is 0.449 e. The second-order valence-electron chi connectivity index (χ2n) is 13.4. The van der Waals surface area contributed by atoms with E-state index in [9.17, 15) is 27.6 Å². The lowest BCUT2D eigenvalue weighted by Crippen LogP contribution is -2.46. The van der Waals surface area contributed by atoms with E-state index in [2.05, 4.69) is 36.4 Å². The third kappa shape index (κ3) is 5.63. The number of piperidine rings is 1. The maximum atomic E-state index is 14.0. The van der Waals surface area contributed by atoms with Crippen LogP contribution in [0.4, 0.5) is 13.2 Å². The minimum atomic E-state index is -4.94. The normalized spacial score (nSPS) is 27.1. The summed E-state index contributed by atoms with van der Waals surface area (Å²) in [6.07, 6.45) is 5.47. The fourth-order valence-corrected chi connectivity index (χ4v) is 7.87. The molecule has 7 nitrogen and oxygen atoms in total. The van der Waals surface area contributed by atoms with Crippen LogP contribution in [0.15, 0.2) is 23.0 Å². The van der Waals surface area contributed by atoms with Crippen molar-refractivity contribution in [3.63, 3.8) is 0 Å². The highest BCUT2D eigenvalue weighted by atomic mass is 19.4. The van der Waals surface area contributed by atoms with Gasteiger partial charge in [-0.05, 0) is 79.9 Å². The molecule has 1 aromatic carbocycles. The molecule has 42 heavy (non-hydrogen) atoms. The van der Waals surface area contributed by atoms with Crippen molar-refractivity contribution in [2.75, 3.05) is 6.54 Å². The van der Waals surface area contributed by atoms with Crippen LogP contribution in [0.1, 0.15) is 109 Å². The van der Waals surface area contributed by atoms with Crippen LogP contribution in [-0.4, -0.2) is 34.0 Å². The molecule has 3 fully saturated rings. The fourth-order valence-electron chi connectivity index (χ4n) is 7.87. The molecule has 5 rings (SSSR count). The molecule has 0 spiro atoms. The van der Waals surface area contributed by atoms with E-state index >= 15 is 0 Å². The maximum Gasteiger partial charge on any atom is 0.449 e. The summed E-state index contributed by atoms with van der Waals surface area (Å²) in [5.74, 6) is -2.06. The molecule has 2 saturated carbocycles. The summed E-state index contributed by atoms with van der Waals surface area (Å²) >= 11 is 0. The Morgan fingerprint density at radius 2 is 1.74 bits per heavy atom. The van der Waals surface area contributed by atoms with Crippen molar-refractivity contribution in [2.24, 2.45) is 16.7 Å². The molecule has 230 valence electrons. The quantitative estimate of drug-likeness (QED) is 0.245. The number of amides is 2. The number of carbonyl (C=O) groups is 2. The topological polar surface area (TPSA) is 93.1 Å². The Morgan fingerprint density at radius 1 is 1.02 bits per heavy atom. The predicted molar refractivity (Wildman–Crippen MR) is 155 cm³/mol. The Kier molecular flexibility index (Phi) is 8.58. The van der Waals surface area contributed by atoms with E-state index in [1.807, 2.05) is 0 Å². The van der Waals surface area contributed by atoms with Gasteiger partial charge < -0.3 is 5.32 Å². The molecule has 2 amide bonds. The zero-order valence-electron chi connectivity index (χ0n) is 24.9. The van der Waals surface area contributed by atoms with E-state index in [1.165, 1.54) is 25.3 Å². The summed E-state index contributed by atoms with van der Waals surface area (Å²) in [5.41, 5.74) is 0.523. The summed E-state index contributed by atoms with van der Waals surface area (Å²) in [5, 5.41) is 6.01. The highest BCUT2D eigenvalue weighted by Crippen LogP contribution is 2.65. The van der Waals surface area contributed by atoms with E-state index in [-0.39, 0.29) is 23.7 Å². The zero-order chi connectivity index (χ0) is 30.3. The number of aromatic nitrogens is 2. The number of nitrogens with one attached hydrogen (secondary N) is 2. The van der Waals surface area contributed by atoms with Crippen molar-refractivity contribution in [2.45, 2.75) is 116 Å². The number of nitrogens with zero attached hydrogens (tertiary/aromatic N) is 2. The van der Waals surface area contributed by atoms with Gasteiger partial charge in [-0.1, -0.05) is 58.6 Å². The van der Waals surface area contributed by atoms with Crippen molar-refractivity contribution in [1.29, 1.82) is 0 Å². The Morgan fingerprint density at radius 3 is 2.38 bits per heavy atom. The van der Waals surface area contributed by atoms with Crippen molar-refractivity contribution >= 4 is 22.7 Å². The van der Waals surface area contributed by atoms with Crippen LogP contribution in [0.3, 0.4) is 0 Å². The number of carbonyl (C=O) groups excluding carboxylic acids is 2. The summed E-state index contributed by atoms with van der Waals surface area (Å²) in [6, 6.07) is 3.94. The van der Waals surface area contributed by atoms with Crippen molar-refractivity contribution < 1.29 is 22.8 Å². The van der Waals surface area contributed by atoms with E-state index in [1.54, 1.807) is 12.1 Å². The number of alkyl halides is 3. The van der Waals surface area contributed by atoms with Crippen LogP contribution in [-0.2, 0) is 22.2 Å². The van der Waals surface area contributed by atoms with E-state index in [4.69, 9.17) is 0 Å². The van der Waals surface area contributed by atoms with Gasteiger partial charge in [0.2, 0.25) is 17.6 Å². The molecule has 2 bridgehead atoms. The number of hydrogen-bond donors (Lipinski definition) is 2. The van der Waals surface area contributed by atoms with E-state index in [0.29, 0.717) is 33.4 Å². The van der Waals surface area contributed by atoms with E-state index < -0.39 is 35.4 Å². The van der Waals surface area contributed by atoms with Gasteiger partial charge in [-0.2, -0.15) is 13.2 Å². The number of halogens is 3. The monoisotopic (exact) mass is 588 g/mol. The van der Waals surface area contributed by atoms with Crippen LogP contribution in [0.5, 0.6) is 0 Å². The summed E-state index contributed by atoms with van der Waals surface area (Å²) in [6.45, 7) is 8.39. The lowest BCUT2D eigenvalue weighted by Gasteiger charge is -2.39. The average Bonchev–Trinajstić information content (AvgIpc) is 3.25. The number of unbranched alkanes of at least 4 members (excludes halogenated alkanes) is 5. The molecule has 2 unspecified atom stereocenters. The van der Waals surface area contributed by atoms with Crippen LogP contribution < -0.4 is 16.2 Å². The average molecular weight is 589 g/mol. The molecule has 2 aliphatic carbocycles. The molecular formula is C32H43F3N4O3. The van der Waals surface area contributed by atoms with E-state index in [0.717, 1.165) is 51.0 Å². The predicted octanol–water partition coefficient (Wildman–Crippen LogP) is 6.08. The number of imide groups is 1. The highest BCUT2D eigenvalue weighted by molar-refractivity contribution is 5.99. The molecule has 2 aromatic rings. The molecule has 0 radical (unpaired) electrons.